The molecule has 1 aromatic heterocycles. The quantitative estimate of drug-likeness (QED) is 0.883. The lowest BCUT2D eigenvalue weighted by Crippen LogP contribution is -2.96. The van der Waals surface area contributed by atoms with Gasteiger partial charge in [-0.25, -0.2) is 4.39 Å². The fourth-order valence-electron chi connectivity index (χ4n) is 2.32. The summed E-state index contributed by atoms with van der Waals surface area (Å²) in [6, 6.07) is 10.0. The Bertz CT molecular complexity index is 671. The van der Waals surface area contributed by atoms with Crippen molar-refractivity contribution < 1.29 is 18.9 Å². The first-order chi connectivity index (χ1) is 11.2. The number of nitrogens with two attached hydrogens (primary N) is 1. The van der Waals surface area contributed by atoms with Gasteiger partial charge in [0.1, 0.15) is 17.3 Å². The van der Waals surface area contributed by atoms with E-state index < -0.39 is 0 Å². The maximum absolute atomic E-state index is 13.1. The smallest absolute Gasteiger partial charge is 0.278 e. The minimum atomic E-state index is -0.278. The number of quaternary nitrogens is 1. The van der Waals surface area contributed by atoms with E-state index >= 15 is 0 Å². The number of hydrogen-bond donors (Lipinski definition) is 1. The number of amides is 1. The number of halogens is 1. The van der Waals surface area contributed by atoms with Crippen molar-refractivity contribution in [2.75, 3.05) is 6.54 Å². The Morgan fingerprint density at radius 3 is 2.33 bits per heavy atom. The first-order valence-electron chi connectivity index (χ1n) is 8.15. The van der Waals surface area contributed by atoms with Crippen LogP contribution in [0.15, 0.2) is 40.8 Å². The molecule has 0 bridgehead atoms. The van der Waals surface area contributed by atoms with Gasteiger partial charge >= 0.3 is 0 Å². The molecule has 2 N–H and O–H groups in total. The predicted molar refractivity (Wildman–Crippen MR) is 90.6 cm³/mol. The molecule has 0 spiro atoms. The molecule has 4 nitrogen and oxygen atoms in total. The summed E-state index contributed by atoms with van der Waals surface area (Å²) < 4.78 is 18.7. The zero-order chi connectivity index (χ0) is 17.7. The van der Waals surface area contributed by atoms with Gasteiger partial charge in [0.05, 0.1) is 12.1 Å². The van der Waals surface area contributed by atoms with Crippen LogP contribution in [-0.2, 0) is 17.9 Å². The SMILES string of the molecule is Cc1ccc(CN(Cc2ccc(F)cc2)C(=O)C[NH2+]C(C)(C)C)o1. The van der Waals surface area contributed by atoms with Crippen LogP contribution >= 0.6 is 0 Å². The molecule has 1 aromatic carbocycles. The highest BCUT2D eigenvalue weighted by Crippen LogP contribution is 2.13. The second-order valence-electron chi connectivity index (χ2n) is 7.16. The Hall–Kier alpha value is -2.14. The number of benzene rings is 1. The molecular formula is C19H26FN2O2+. The van der Waals surface area contributed by atoms with Crippen LogP contribution in [0, 0.1) is 12.7 Å². The van der Waals surface area contributed by atoms with Crippen LogP contribution < -0.4 is 5.32 Å². The van der Waals surface area contributed by atoms with E-state index in [9.17, 15) is 9.18 Å². The standard InChI is InChI=1S/C19H25FN2O2/c1-14-5-10-17(24-14)13-22(18(23)11-21-19(2,3)4)12-15-6-8-16(20)9-7-15/h5-10,21H,11-13H2,1-4H3/p+1. The minimum Gasteiger partial charge on any atom is -0.464 e. The maximum Gasteiger partial charge on any atom is 0.278 e. The molecule has 24 heavy (non-hydrogen) atoms. The van der Waals surface area contributed by atoms with Crippen molar-refractivity contribution >= 4 is 5.91 Å². The molecule has 2 rings (SSSR count). The van der Waals surface area contributed by atoms with E-state index in [0.29, 0.717) is 19.6 Å². The third-order valence-electron chi connectivity index (χ3n) is 3.67. The molecule has 0 aliphatic carbocycles. The number of hydrogen-bond acceptors (Lipinski definition) is 2. The van der Waals surface area contributed by atoms with E-state index in [1.54, 1.807) is 17.0 Å². The van der Waals surface area contributed by atoms with Crippen LogP contribution in [0.5, 0.6) is 0 Å². The molecule has 0 fully saturated rings. The van der Waals surface area contributed by atoms with E-state index in [4.69, 9.17) is 4.42 Å². The lowest BCUT2D eigenvalue weighted by Gasteiger charge is -2.23. The van der Waals surface area contributed by atoms with Gasteiger partial charge in [0.2, 0.25) is 0 Å². The van der Waals surface area contributed by atoms with Crippen LogP contribution in [0.4, 0.5) is 4.39 Å². The van der Waals surface area contributed by atoms with Gasteiger partial charge in [0.15, 0.2) is 6.54 Å². The summed E-state index contributed by atoms with van der Waals surface area (Å²) >= 11 is 0. The Balaban J connectivity index is 2.10. The highest BCUT2D eigenvalue weighted by atomic mass is 19.1. The van der Waals surface area contributed by atoms with Crippen LogP contribution in [-0.4, -0.2) is 22.9 Å². The average Bonchev–Trinajstić information content (AvgIpc) is 2.91. The Morgan fingerprint density at radius 2 is 1.79 bits per heavy atom. The van der Waals surface area contributed by atoms with Gasteiger partial charge in [0.25, 0.3) is 5.91 Å². The molecule has 2 aromatic rings. The third-order valence-corrected chi connectivity index (χ3v) is 3.67. The maximum atomic E-state index is 13.1. The molecule has 0 saturated carbocycles. The monoisotopic (exact) mass is 333 g/mol. The highest BCUT2D eigenvalue weighted by Gasteiger charge is 2.21. The normalized spacial score (nSPS) is 11.5. The van der Waals surface area contributed by atoms with Crippen molar-refractivity contribution in [1.29, 1.82) is 0 Å². The van der Waals surface area contributed by atoms with Gasteiger partial charge < -0.3 is 14.6 Å². The van der Waals surface area contributed by atoms with E-state index in [-0.39, 0.29) is 17.3 Å². The van der Waals surface area contributed by atoms with Crippen molar-refractivity contribution in [3.05, 3.63) is 59.3 Å². The van der Waals surface area contributed by atoms with Crippen molar-refractivity contribution in [2.45, 2.75) is 46.3 Å². The van der Waals surface area contributed by atoms with E-state index in [2.05, 4.69) is 20.8 Å². The first-order valence-corrected chi connectivity index (χ1v) is 8.15. The number of nitrogens with zero attached hydrogens (tertiary/aromatic N) is 1. The fraction of sp³-hybridized carbons (Fsp3) is 0.421. The highest BCUT2D eigenvalue weighted by molar-refractivity contribution is 5.77. The summed E-state index contributed by atoms with van der Waals surface area (Å²) in [7, 11) is 0. The second kappa shape index (κ2) is 7.62. The van der Waals surface area contributed by atoms with Crippen LogP contribution in [0.1, 0.15) is 37.9 Å². The average molecular weight is 333 g/mol. The zero-order valence-corrected chi connectivity index (χ0v) is 14.8. The van der Waals surface area contributed by atoms with Gasteiger partial charge in [-0.3, -0.25) is 4.79 Å². The number of carbonyl (C=O) groups excluding carboxylic acids is 1. The third kappa shape index (κ3) is 5.81. The summed E-state index contributed by atoms with van der Waals surface area (Å²) in [6.07, 6.45) is 0. The van der Waals surface area contributed by atoms with Crippen LogP contribution in [0.3, 0.4) is 0 Å². The van der Waals surface area contributed by atoms with Gasteiger partial charge in [-0.1, -0.05) is 12.1 Å². The Kier molecular flexibility index (Phi) is 5.78. The molecular weight excluding hydrogens is 307 g/mol. The lowest BCUT2D eigenvalue weighted by molar-refractivity contribution is -0.707. The molecule has 130 valence electrons. The van der Waals surface area contributed by atoms with Crippen molar-refractivity contribution in [3.63, 3.8) is 0 Å². The fourth-order valence-corrected chi connectivity index (χ4v) is 2.32. The first kappa shape index (κ1) is 18.2. The summed E-state index contributed by atoms with van der Waals surface area (Å²) in [5.74, 6) is 1.32. The van der Waals surface area contributed by atoms with E-state index in [1.807, 2.05) is 24.4 Å². The molecule has 0 saturated heterocycles. The molecule has 0 radical (unpaired) electrons. The predicted octanol–water partition coefficient (Wildman–Crippen LogP) is 2.62. The lowest BCUT2D eigenvalue weighted by atomic mass is 10.1. The number of rotatable bonds is 6. The molecule has 1 heterocycles. The Labute approximate surface area is 142 Å². The Morgan fingerprint density at radius 1 is 1.12 bits per heavy atom. The van der Waals surface area contributed by atoms with Gasteiger partial charge in [-0.15, -0.1) is 0 Å². The summed E-state index contributed by atoms with van der Waals surface area (Å²) in [6.45, 7) is 9.29. The summed E-state index contributed by atoms with van der Waals surface area (Å²) in [5, 5.41) is 2.01. The van der Waals surface area contributed by atoms with Gasteiger partial charge in [-0.05, 0) is 57.5 Å². The summed E-state index contributed by atoms with van der Waals surface area (Å²) in [5.41, 5.74) is 0.877. The zero-order valence-electron chi connectivity index (χ0n) is 14.8. The topological polar surface area (TPSA) is 50.1 Å². The number of carbonyl (C=O) groups is 1. The second-order valence-corrected chi connectivity index (χ2v) is 7.16. The molecule has 0 aliphatic rings. The van der Waals surface area contributed by atoms with Gasteiger partial charge in [-0.2, -0.15) is 0 Å². The number of furan rings is 1. The molecule has 0 aliphatic heterocycles. The van der Waals surface area contributed by atoms with Gasteiger partial charge in [0, 0.05) is 6.54 Å². The van der Waals surface area contributed by atoms with E-state index in [0.717, 1.165) is 17.1 Å². The molecule has 5 heteroatoms. The molecule has 0 atom stereocenters. The van der Waals surface area contributed by atoms with E-state index in [1.165, 1.54) is 12.1 Å². The number of aryl methyl sites for hydroxylation is 1. The minimum absolute atomic E-state index is 0.0154. The molecule has 0 unspecified atom stereocenters. The van der Waals surface area contributed by atoms with Crippen LogP contribution in [0.2, 0.25) is 0 Å². The molecule has 1 amide bonds. The summed E-state index contributed by atoms with van der Waals surface area (Å²) in [4.78, 5) is 14.4. The van der Waals surface area contributed by atoms with Crippen molar-refractivity contribution in [2.24, 2.45) is 0 Å². The van der Waals surface area contributed by atoms with Crippen LogP contribution in [0.25, 0.3) is 0 Å². The van der Waals surface area contributed by atoms with Crippen molar-refractivity contribution in [1.82, 2.24) is 4.90 Å². The van der Waals surface area contributed by atoms with Crippen molar-refractivity contribution in [3.8, 4) is 0 Å². The largest absolute Gasteiger partial charge is 0.464 e.